The first-order valence-corrected chi connectivity index (χ1v) is 5.69. The third kappa shape index (κ3) is 3.60. The summed E-state index contributed by atoms with van der Waals surface area (Å²) in [5.74, 6) is 0.895. The molecular weight excluding hydrogens is 214 g/mol. The Balaban J connectivity index is 1.70. The molecule has 1 aromatic carbocycles. The summed E-state index contributed by atoms with van der Waals surface area (Å²) in [6.45, 7) is 1.81. The molecule has 4 nitrogen and oxygen atoms in total. The number of aromatic nitrogens is 2. The van der Waals surface area contributed by atoms with Crippen LogP contribution >= 0.6 is 0 Å². The summed E-state index contributed by atoms with van der Waals surface area (Å²) in [5, 5.41) is 3.39. The Morgan fingerprint density at radius 1 is 1.29 bits per heavy atom. The van der Waals surface area contributed by atoms with Crippen LogP contribution in [0.5, 0.6) is 5.75 Å². The first-order chi connectivity index (χ1) is 8.38. The summed E-state index contributed by atoms with van der Waals surface area (Å²) in [4.78, 5) is 7.06. The van der Waals surface area contributed by atoms with Crippen LogP contribution in [-0.4, -0.2) is 23.6 Å². The van der Waals surface area contributed by atoms with Gasteiger partial charge in [-0.2, -0.15) is 0 Å². The lowest BCUT2D eigenvalue weighted by Crippen LogP contribution is -2.16. The maximum Gasteiger partial charge on any atom is 0.118 e. The largest absolute Gasteiger partial charge is 0.497 e. The quantitative estimate of drug-likeness (QED) is 0.745. The third-order valence-electron chi connectivity index (χ3n) is 2.61. The zero-order valence-corrected chi connectivity index (χ0v) is 9.94. The molecule has 0 fully saturated rings. The van der Waals surface area contributed by atoms with Crippen molar-refractivity contribution in [2.45, 2.75) is 13.0 Å². The number of benzene rings is 1. The molecule has 4 heteroatoms. The Hall–Kier alpha value is -1.81. The molecule has 0 spiro atoms. The number of nitrogens with one attached hydrogen (secondary N) is 2. The van der Waals surface area contributed by atoms with E-state index in [4.69, 9.17) is 4.74 Å². The standard InChI is InChI=1S/C13H17N3O/c1-17-13-4-2-11(3-5-13)8-14-7-6-12-9-15-10-16-12/h2-5,9-10,14H,6-8H2,1H3,(H,15,16). The number of hydrogen-bond donors (Lipinski definition) is 2. The van der Waals surface area contributed by atoms with Gasteiger partial charge in [0.25, 0.3) is 0 Å². The van der Waals surface area contributed by atoms with Gasteiger partial charge in [0.05, 0.1) is 13.4 Å². The lowest BCUT2D eigenvalue weighted by Gasteiger charge is -2.05. The van der Waals surface area contributed by atoms with E-state index in [1.165, 1.54) is 5.56 Å². The monoisotopic (exact) mass is 231 g/mol. The minimum atomic E-state index is 0.873. The van der Waals surface area contributed by atoms with E-state index in [9.17, 15) is 0 Å². The molecule has 0 saturated heterocycles. The highest BCUT2D eigenvalue weighted by atomic mass is 16.5. The Bertz CT molecular complexity index is 422. The number of ether oxygens (including phenoxy) is 1. The van der Waals surface area contributed by atoms with E-state index in [0.717, 1.165) is 31.0 Å². The van der Waals surface area contributed by atoms with Crippen molar-refractivity contribution in [3.8, 4) is 5.75 Å². The predicted molar refractivity (Wildman–Crippen MR) is 67.0 cm³/mol. The Labute approximate surface area is 101 Å². The van der Waals surface area contributed by atoms with Crippen molar-refractivity contribution in [2.75, 3.05) is 13.7 Å². The van der Waals surface area contributed by atoms with Gasteiger partial charge in [-0.25, -0.2) is 4.98 Å². The molecule has 0 atom stereocenters. The number of methoxy groups -OCH3 is 1. The maximum atomic E-state index is 5.11. The average Bonchev–Trinajstić information content (AvgIpc) is 2.88. The first-order valence-electron chi connectivity index (χ1n) is 5.69. The average molecular weight is 231 g/mol. The van der Waals surface area contributed by atoms with Crippen molar-refractivity contribution in [2.24, 2.45) is 0 Å². The van der Waals surface area contributed by atoms with Gasteiger partial charge in [0, 0.05) is 31.4 Å². The summed E-state index contributed by atoms with van der Waals surface area (Å²) >= 11 is 0. The molecular formula is C13H17N3O. The zero-order chi connectivity index (χ0) is 11.9. The first kappa shape index (κ1) is 11.7. The summed E-state index contributed by atoms with van der Waals surface area (Å²) in [7, 11) is 1.68. The molecule has 17 heavy (non-hydrogen) atoms. The van der Waals surface area contributed by atoms with E-state index in [-0.39, 0.29) is 0 Å². The van der Waals surface area contributed by atoms with Crippen LogP contribution in [-0.2, 0) is 13.0 Å². The molecule has 90 valence electrons. The fraction of sp³-hybridized carbons (Fsp3) is 0.308. The second kappa shape index (κ2) is 6.06. The molecule has 2 aromatic rings. The predicted octanol–water partition coefficient (Wildman–Crippen LogP) is 1.75. The van der Waals surface area contributed by atoms with Crippen LogP contribution < -0.4 is 10.1 Å². The topological polar surface area (TPSA) is 49.9 Å². The van der Waals surface area contributed by atoms with Gasteiger partial charge in [0.1, 0.15) is 5.75 Å². The van der Waals surface area contributed by atoms with Crippen LogP contribution in [0.2, 0.25) is 0 Å². The number of aromatic amines is 1. The lowest BCUT2D eigenvalue weighted by molar-refractivity contribution is 0.414. The van der Waals surface area contributed by atoms with Crippen molar-refractivity contribution in [1.82, 2.24) is 15.3 Å². The zero-order valence-electron chi connectivity index (χ0n) is 9.94. The lowest BCUT2D eigenvalue weighted by atomic mass is 10.2. The van der Waals surface area contributed by atoms with Crippen molar-refractivity contribution in [3.05, 3.63) is 48.0 Å². The van der Waals surface area contributed by atoms with Crippen molar-refractivity contribution in [1.29, 1.82) is 0 Å². The molecule has 2 N–H and O–H groups in total. The number of hydrogen-bond acceptors (Lipinski definition) is 3. The van der Waals surface area contributed by atoms with E-state index in [0.29, 0.717) is 0 Å². The van der Waals surface area contributed by atoms with Crippen LogP contribution in [0.25, 0.3) is 0 Å². The van der Waals surface area contributed by atoms with Gasteiger partial charge in [-0.15, -0.1) is 0 Å². The number of rotatable bonds is 6. The third-order valence-corrected chi connectivity index (χ3v) is 2.61. The van der Waals surface area contributed by atoms with Gasteiger partial charge in [0.15, 0.2) is 0 Å². The Morgan fingerprint density at radius 2 is 2.12 bits per heavy atom. The van der Waals surface area contributed by atoms with Gasteiger partial charge in [-0.3, -0.25) is 0 Å². The van der Waals surface area contributed by atoms with E-state index < -0.39 is 0 Å². The maximum absolute atomic E-state index is 5.11. The van der Waals surface area contributed by atoms with Crippen molar-refractivity contribution < 1.29 is 4.74 Å². The summed E-state index contributed by atoms with van der Waals surface area (Å²) < 4.78 is 5.11. The highest BCUT2D eigenvalue weighted by molar-refractivity contribution is 5.26. The van der Waals surface area contributed by atoms with Crippen LogP contribution in [0, 0.1) is 0 Å². The molecule has 2 rings (SSSR count). The number of H-pyrrole nitrogens is 1. The normalized spacial score (nSPS) is 10.4. The molecule has 1 aromatic heterocycles. The molecule has 0 saturated carbocycles. The highest BCUT2D eigenvalue weighted by Gasteiger charge is 1.96. The molecule has 0 bridgehead atoms. The van der Waals surface area contributed by atoms with E-state index in [2.05, 4.69) is 27.4 Å². The Kier molecular flexibility index (Phi) is 4.16. The van der Waals surface area contributed by atoms with Crippen molar-refractivity contribution >= 4 is 0 Å². The molecule has 0 aliphatic heterocycles. The van der Waals surface area contributed by atoms with E-state index >= 15 is 0 Å². The fourth-order valence-corrected chi connectivity index (χ4v) is 1.62. The van der Waals surface area contributed by atoms with Gasteiger partial charge >= 0.3 is 0 Å². The molecule has 0 aliphatic carbocycles. The smallest absolute Gasteiger partial charge is 0.118 e. The van der Waals surface area contributed by atoms with Crippen molar-refractivity contribution in [3.63, 3.8) is 0 Å². The molecule has 1 heterocycles. The van der Waals surface area contributed by atoms with E-state index in [1.54, 1.807) is 13.4 Å². The van der Waals surface area contributed by atoms with Crippen LogP contribution in [0.1, 0.15) is 11.3 Å². The summed E-state index contributed by atoms with van der Waals surface area (Å²) in [6, 6.07) is 8.10. The SMILES string of the molecule is COc1ccc(CNCCc2cnc[nH]2)cc1. The van der Waals surface area contributed by atoms with Crippen LogP contribution in [0.15, 0.2) is 36.8 Å². The molecule has 0 unspecified atom stereocenters. The highest BCUT2D eigenvalue weighted by Crippen LogP contribution is 2.10. The fourth-order valence-electron chi connectivity index (χ4n) is 1.62. The summed E-state index contributed by atoms with van der Waals surface area (Å²) in [6.07, 6.45) is 4.53. The summed E-state index contributed by atoms with van der Waals surface area (Å²) in [5.41, 5.74) is 2.42. The van der Waals surface area contributed by atoms with Gasteiger partial charge < -0.3 is 15.0 Å². The second-order valence-corrected chi connectivity index (χ2v) is 3.85. The molecule has 0 amide bonds. The number of imidazole rings is 1. The molecule has 0 aliphatic rings. The molecule has 0 radical (unpaired) electrons. The van der Waals surface area contributed by atoms with Gasteiger partial charge in [0.2, 0.25) is 0 Å². The minimum absolute atomic E-state index is 0.873. The minimum Gasteiger partial charge on any atom is -0.497 e. The van der Waals surface area contributed by atoms with Gasteiger partial charge in [-0.1, -0.05) is 12.1 Å². The number of nitrogens with zero attached hydrogens (tertiary/aromatic N) is 1. The Morgan fingerprint density at radius 3 is 2.76 bits per heavy atom. The van der Waals surface area contributed by atoms with Gasteiger partial charge in [-0.05, 0) is 17.7 Å². The second-order valence-electron chi connectivity index (χ2n) is 3.85. The van der Waals surface area contributed by atoms with E-state index in [1.807, 2.05) is 18.3 Å². The van der Waals surface area contributed by atoms with Crippen LogP contribution in [0.4, 0.5) is 0 Å². The van der Waals surface area contributed by atoms with Crippen LogP contribution in [0.3, 0.4) is 0 Å².